The number of aryl methyl sites for hydroxylation is 3. The van der Waals surface area contributed by atoms with Crippen LogP contribution in [0.4, 0.5) is 5.69 Å². The van der Waals surface area contributed by atoms with E-state index in [2.05, 4.69) is 133 Å². The number of aromatic amines is 1. The first-order chi connectivity index (χ1) is 71.5. The zero-order chi connectivity index (χ0) is 106. The molecular weight excluding hydrogens is 2010 g/mol. The lowest BCUT2D eigenvalue weighted by Crippen LogP contribution is -2.41. The van der Waals surface area contributed by atoms with E-state index in [4.69, 9.17) is 10.2 Å². The normalized spacial score (nSPS) is 19.3. The predicted molar refractivity (Wildman–Crippen MR) is 577 cm³/mol. The molecular formula is C105H152N26O12S6. The molecule has 5 aliphatic carbocycles. The Morgan fingerprint density at radius 3 is 0.953 bits per heavy atom. The molecule has 810 valence electrons. The Kier molecular flexibility index (Phi) is 39.2. The average molecular weight is 2160 g/mol. The quantitative estimate of drug-likeness (QED) is 0.0235. The maximum Gasteiger partial charge on any atom is 0.240 e. The maximum atomic E-state index is 12.5. The van der Waals surface area contributed by atoms with Crippen molar-refractivity contribution in [2.75, 3.05) is 85.7 Å². The number of aromatic nitrogens is 18. The maximum absolute atomic E-state index is 12.5. The molecule has 3 aliphatic heterocycles. The van der Waals surface area contributed by atoms with Crippen molar-refractivity contribution in [3.8, 4) is 56.9 Å². The first-order valence-electron chi connectivity index (χ1n) is 53.5. The Bertz CT molecular complexity index is 6990. The van der Waals surface area contributed by atoms with E-state index in [0.717, 1.165) is 159 Å². The summed E-state index contributed by atoms with van der Waals surface area (Å²) in [5.41, 5.74) is 10.5. The summed E-state index contributed by atoms with van der Waals surface area (Å²) >= 11 is 0. The lowest BCUT2D eigenvalue weighted by Gasteiger charge is -2.34. The molecule has 6 N–H and O–H groups in total. The number of benzene rings is 6. The molecule has 6 aromatic carbocycles. The van der Waals surface area contributed by atoms with Gasteiger partial charge >= 0.3 is 0 Å². The summed E-state index contributed by atoms with van der Waals surface area (Å²) in [6.45, 7) is 12.8. The summed E-state index contributed by atoms with van der Waals surface area (Å²) in [7, 11) is -12.1. The minimum absolute atomic E-state index is 0.122. The Hall–Kier alpha value is -9.97. The first-order valence-corrected chi connectivity index (χ1v) is 62.7. The highest BCUT2D eigenvalue weighted by Gasteiger charge is 2.35. The number of nitrogens with one attached hydrogen (secondary N) is 6. The fourth-order valence-electron chi connectivity index (χ4n) is 22.2. The number of tetrazole rings is 3. The van der Waals surface area contributed by atoms with Gasteiger partial charge in [-0.25, -0.2) is 84.1 Å². The smallest absolute Gasteiger partial charge is 0.240 e. The van der Waals surface area contributed by atoms with Crippen molar-refractivity contribution in [2.45, 2.75) is 307 Å². The highest BCUT2D eigenvalue weighted by atomic mass is 32.2. The van der Waals surface area contributed by atoms with Crippen molar-refractivity contribution in [2.24, 2.45) is 36.6 Å². The van der Waals surface area contributed by atoms with E-state index in [1.54, 1.807) is 74.9 Å². The van der Waals surface area contributed by atoms with Crippen LogP contribution in [0, 0.1) is 43.4 Å². The summed E-state index contributed by atoms with van der Waals surface area (Å²) in [5, 5.41) is 51.8. The molecule has 3 saturated heterocycles. The number of anilines is 1. The minimum atomic E-state index is -3.62. The van der Waals surface area contributed by atoms with Gasteiger partial charge in [0, 0.05) is 79.3 Å². The molecule has 11 aromatic rings. The van der Waals surface area contributed by atoms with Crippen molar-refractivity contribution in [3.63, 3.8) is 0 Å². The molecule has 19 rings (SSSR count). The average Bonchev–Trinajstić information content (AvgIpc) is 1.72. The van der Waals surface area contributed by atoms with Crippen LogP contribution in [0.15, 0.2) is 146 Å². The Balaban J connectivity index is 0.000000140. The van der Waals surface area contributed by atoms with E-state index in [1.165, 1.54) is 217 Å². The van der Waals surface area contributed by atoms with Gasteiger partial charge in [-0.05, 0) is 286 Å². The van der Waals surface area contributed by atoms with Gasteiger partial charge < -0.3 is 4.90 Å². The van der Waals surface area contributed by atoms with Gasteiger partial charge in [0.1, 0.15) is 11.6 Å². The van der Waals surface area contributed by atoms with Crippen LogP contribution >= 0.6 is 0 Å². The molecule has 8 fully saturated rings. The number of piperidine rings is 3. The highest BCUT2D eigenvalue weighted by molar-refractivity contribution is 7.90. The monoisotopic (exact) mass is 2160 g/mol. The number of nitrogens with zero attached hydrogens (tertiary/aromatic N) is 20. The SMILES string of the molecule is CNS(=O)(=O)c1ccc(CC2CCCCC2)c(-c2n[nH]c(C)n2)c1.CNS(=O)(=O)c1ccc(CC2CCCCC2)c(-c2nc(C)n(C)n2)c1.CNS(=O)(=O)c1ccc(CC2CCCCC2)c(-c2nnn(C3CCCN(C(C)C)C3)n2)c1.CNS(=O)(=O)c1ccc(CC2CCCCC2)c(-c2nnn(C3CCCN(S(C)(=O)=O)C3)n2)c1.CNS(=O)(=O)c1ccc(CC2CCCCC2)c(-c2nnn(C3CCCN(c4ccccc4)C3)n2)c1. The fourth-order valence-corrected chi connectivity index (χ4v) is 26.9. The van der Waals surface area contributed by atoms with Crippen LogP contribution in [0.1, 0.15) is 270 Å². The summed E-state index contributed by atoms with van der Waals surface area (Å²) in [4.78, 5) is 19.8. The van der Waals surface area contributed by atoms with E-state index >= 15 is 0 Å². The lowest BCUT2D eigenvalue weighted by molar-refractivity contribution is 0.129. The number of rotatable bonds is 31. The number of H-pyrrole nitrogens is 1. The first kappa shape index (κ1) is 113. The van der Waals surface area contributed by atoms with Crippen LogP contribution in [0.3, 0.4) is 0 Å². The van der Waals surface area contributed by atoms with Crippen molar-refractivity contribution < 1.29 is 50.5 Å². The molecule has 38 nitrogen and oxygen atoms in total. The predicted octanol–water partition coefficient (Wildman–Crippen LogP) is 15.2. The summed E-state index contributed by atoms with van der Waals surface area (Å²) in [6.07, 6.45) is 42.8. The molecule has 8 heterocycles. The third-order valence-corrected chi connectivity index (χ3v) is 39.3. The van der Waals surface area contributed by atoms with Crippen molar-refractivity contribution in [1.82, 2.24) is 123 Å². The molecule has 5 aromatic heterocycles. The van der Waals surface area contributed by atoms with Gasteiger partial charge in [-0.1, -0.05) is 209 Å². The lowest BCUT2D eigenvalue weighted by atomic mass is 9.84. The second-order valence-electron chi connectivity index (χ2n) is 41.7. The van der Waals surface area contributed by atoms with E-state index in [9.17, 15) is 50.5 Å². The van der Waals surface area contributed by atoms with Crippen LogP contribution in [0.25, 0.3) is 56.9 Å². The Morgan fingerprint density at radius 2 is 0.651 bits per heavy atom. The molecule has 0 radical (unpaired) electrons. The Morgan fingerprint density at radius 1 is 0.342 bits per heavy atom. The fraction of sp³-hybridized carbons (Fsp3) is 0.590. The van der Waals surface area contributed by atoms with Crippen molar-refractivity contribution in [3.05, 3.63) is 161 Å². The highest BCUT2D eigenvalue weighted by Crippen LogP contribution is 2.41. The molecule has 8 aliphatic rings. The van der Waals surface area contributed by atoms with Crippen LogP contribution < -0.4 is 28.5 Å². The largest absolute Gasteiger partial charge is 0.369 e. The standard InChI is InChI=1S/C26H34N6O2S.C23H36N6O2S.C21H32N6O4S2.C18H26N4O2S.C17H24N4O2S/c1-27-35(33,34)24-15-14-21(17-20-9-4-2-5-10-20)25(18-24)26-28-30-32(29-26)23-13-8-16-31(19-23)22-11-6-3-7-12-22;1-17(2)28-13-7-10-20(16-28)29-26-23(25-27-29)22-15-21(32(30,31)24-3)12-11-19(22)14-18-8-5-4-6-9-18;1-22-33(30,31)19-11-10-17(13-16-7-4-3-5-8-16)20(14-19)21-23-25-27(24-21)18-9-6-12-26(15-18)32(2,28)29;1-13-20-18(21-22(13)3)17-12-16(25(23,24)19-2)10-9-15(17)11-14-7-5-4-6-8-14;1-12-19-17(21-20-12)16-11-15(24(22,23)18-2)9-8-14(16)10-13-6-4-3-5-7-13/h3,6-7,11-12,14-15,18,20,23,27H,2,4-5,8-10,13,16-17,19H2,1H3;11-12,15,17-18,20,24H,4-10,13-14,16H2,1-3H3;10-11,14,16,18,22H,3-9,12-13,15H2,1-2H3;9-10,12,14,19H,4-8,11H2,1-3H3;8-9,11,13,18H,3-7,10H2,1-2H3,(H,19,20,21). The molecule has 5 saturated carbocycles. The minimum Gasteiger partial charge on any atom is -0.369 e. The van der Waals surface area contributed by atoms with Gasteiger partial charge in [0.2, 0.25) is 77.6 Å². The van der Waals surface area contributed by atoms with E-state index in [0.29, 0.717) is 83.4 Å². The molecule has 3 unspecified atom stereocenters. The van der Waals surface area contributed by atoms with Gasteiger partial charge in [0.25, 0.3) is 0 Å². The molecule has 3 atom stereocenters. The van der Waals surface area contributed by atoms with Gasteiger partial charge in [-0.15, -0.1) is 30.6 Å². The second-order valence-corrected chi connectivity index (χ2v) is 53.1. The third kappa shape index (κ3) is 29.9. The zero-order valence-electron chi connectivity index (χ0n) is 88.2. The number of likely N-dealkylation sites (tertiary alicyclic amines) is 1. The molecule has 0 bridgehead atoms. The van der Waals surface area contributed by atoms with Gasteiger partial charge in [-0.3, -0.25) is 14.7 Å². The van der Waals surface area contributed by atoms with E-state index in [-0.39, 0.29) is 42.6 Å². The van der Waals surface area contributed by atoms with Crippen LogP contribution in [-0.4, -0.2) is 237 Å². The molecule has 0 amide bonds. The zero-order valence-corrected chi connectivity index (χ0v) is 93.1. The second kappa shape index (κ2) is 51.6. The van der Waals surface area contributed by atoms with Crippen molar-refractivity contribution in [1.29, 1.82) is 0 Å². The topological polar surface area (TPSA) is 478 Å². The summed E-state index contributed by atoms with van der Waals surface area (Å²) < 4.78 is 163. The number of para-hydroxylation sites is 1. The number of hydrogen-bond acceptors (Lipinski definition) is 27. The third-order valence-electron chi connectivity index (χ3n) is 31.0. The van der Waals surface area contributed by atoms with Gasteiger partial charge in [0.05, 0.1) is 48.9 Å². The molecule has 149 heavy (non-hydrogen) atoms. The van der Waals surface area contributed by atoms with Crippen molar-refractivity contribution >= 4 is 65.8 Å². The number of sulfonamides is 6. The van der Waals surface area contributed by atoms with Gasteiger partial charge in [0.15, 0.2) is 11.6 Å². The van der Waals surface area contributed by atoms with Crippen LogP contribution in [0.5, 0.6) is 0 Å². The summed E-state index contributed by atoms with van der Waals surface area (Å²) in [6, 6.07) is 37.4. The van der Waals surface area contributed by atoms with Crippen LogP contribution in [-0.2, 0) is 99.3 Å². The Labute approximate surface area is 881 Å². The number of hydrogen-bond donors (Lipinski definition) is 6. The molecule has 44 heteroatoms. The van der Waals surface area contributed by atoms with Gasteiger partial charge in [-0.2, -0.15) is 28.9 Å². The van der Waals surface area contributed by atoms with Crippen LogP contribution in [0.2, 0.25) is 0 Å². The van der Waals surface area contributed by atoms with E-state index < -0.39 is 60.1 Å². The van der Waals surface area contributed by atoms with E-state index in [1.807, 2.05) is 57.3 Å². The molecule has 0 spiro atoms. The summed E-state index contributed by atoms with van der Waals surface area (Å²) in [5.74, 6) is 7.18.